The molecule has 1 aliphatic heterocycles. The molecule has 3 amide bonds. The topological polar surface area (TPSA) is 111 Å². The third-order valence-corrected chi connectivity index (χ3v) is 7.70. The number of aliphatic imine (C=N–C) groups is 1. The van der Waals surface area contributed by atoms with Crippen LogP contribution in [0.4, 0.5) is 42.5 Å². The number of aromatic nitrogens is 3. The lowest BCUT2D eigenvalue weighted by Gasteiger charge is -2.21. The number of rotatable bonds is 9. The fourth-order valence-electron chi connectivity index (χ4n) is 4.58. The Balaban J connectivity index is 1.31. The highest BCUT2D eigenvalue weighted by Crippen LogP contribution is 2.36. The van der Waals surface area contributed by atoms with E-state index in [2.05, 4.69) is 25.1 Å². The van der Waals surface area contributed by atoms with Crippen LogP contribution in [0.1, 0.15) is 24.5 Å². The molecule has 0 spiro atoms. The molecule has 252 valence electrons. The summed E-state index contributed by atoms with van der Waals surface area (Å²) in [6.45, 7) is 2.95. The van der Waals surface area contributed by atoms with Crippen LogP contribution in [0.2, 0.25) is 0 Å². The first-order valence-electron chi connectivity index (χ1n) is 14.3. The van der Waals surface area contributed by atoms with E-state index in [0.29, 0.717) is 40.3 Å². The van der Waals surface area contributed by atoms with E-state index < -0.39 is 37.5 Å². The minimum absolute atomic E-state index is 0.0335. The maximum atomic E-state index is 13.1. The highest BCUT2D eigenvalue weighted by molar-refractivity contribution is 8.15. The molecular weight excluding hydrogens is 666 g/mol. The number of alkyl halides is 6. The smallest absolute Gasteiger partial charge is 0.491 e. The number of amides is 3. The molecule has 0 unspecified atom stereocenters. The Labute approximate surface area is 273 Å². The summed E-state index contributed by atoms with van der Waals surface area (Å²) in [5.41, 5.74) is 3.08. The third kappa shape index (κ3) is 8.64. The van der Waals surface area contributed by atoms with Crippen LogP contribution in [0.5, 0.6) is 11.5 Å². The maximum Gasteiger partial charge on any atom is 0.573 e. The van der Waals surface area contributed by atoms with Gasteiger partial charge in [-0.2, -0.15) is 18.2 Å². The van der Waals surface area contributed by atoms with E-state index in [1.54, 1.807) is 37.3 Å². The zero-order valence-electron chi connectivity index (χ0n) is 25.2. The first-order chi connectivity index (χ1) is 22.7. The van der Waals surface area contributed by atoms with Crippen LogP contribution in [0.25, 0.3) is 17.1 Å². The van der Waals surface area contributed by atoms with Crippen molar-refractivity contribution in [2.45, 2.75) is 39.2 Å². The average molecular weight is 693 g/mol. The van der Waals surface area contributed by atoms with Crippen molar-refractivity contribution in [3.8, 4) is 28.6 Å². The molecule has 5 rings (SSSR count). The van der Waals surface area contributed by atoms with Crippen LogP contribution in [-0.2, 0) is 11.2 Å². The van der Waals surface area contributed by atoms with Gasteiger partial charge in [0, 0.05) is 11.3 Å². The molecule has 4 aromatic rings. The number of hydrogen-bond acceptors (Lipinski definition) is 7. The van der Waals surface area contributed by atoms with E-state index in [9.17, 15) is 35.9 Å². The van der Waals surface area contributed by atoms with E-state index in [4.69, 9.17) is 4.74 Å². The number of halogens is 6. The Morgan fingerprint density at radius 1 is 1.04 bits per heavy atom. The molecule has 10 nitrogen and oxygen atoms in total. The van der Waals surface area contributed by atoms with Crippen molar-refractivity contribution >= 4 is 40.2 Å². The molecule has 1 saturated heterocycles. The molecule has 0 bridgehead atoms. The van der Waals surface area contributed by atoms with Gasteiger partial charge in [0.1, 0.15) is 17.8 Å². The first kappa shape index (κ1) is 34.3. The number of carbonyl (C=O) groups is 2. The number of benzene rings is 3. The van der Waals surface area contributed by atoms with Crippen molar-refractivity contribution in [1.82, 2.24) is 14.8 Å². The zero-order valence-corrected chi connectivity index (χ0v) is 26.0. The molecule has 48 heavy (non-hydrogen) atoms. The maximum absolute atomic E-state index is 13.1. The molecular formula is C31H26F6N6O4S. The average Bonchev–Trinajstić information content (AvgIpc) is 3.64. The third-order valence-electron chi connectivity index (χ3n) is 6.77. The normalized spacial score (nSPS) is 14.5. The number of hydrogen-bond donors (Lipinski definition) is 1. The second-order valence-electron chi connectivity index (χ2n) is 10.3. The van der Waals surface area contributed by atoms with Crippen molar-refractivity contribution in [3.63, 3.8) is 0 Å². The molecule has 17 heteroatoms. The van der Waals surface area contributed by atoms with Crippen molar-refractivity contribution in [2.75, 3.05) is 22.6 Å². The number of ether oxygens (including phenoxy) is 2. The lowest BCUT2D eigenvalue weighted by atomic mass is 10.1. The van der Waals surface area contributed by atoms with Crippen LogP contribution < -0.4 is 19.7 Å². The highest BCUT2D eigenvalue weighted by atomic mass is 32.2. The number of aryl methyl sites for hydroxylation is 2. The van der Waals surface area contributed by atoms with Gasteiger partial charge in [-0.25, -0.2) is 14.5 Å². The summed E-state index contributed by atoms with van der Waals surface area (Å²) in [6, 6.07) is 14.1. The second kappa shape index (κ2) is 14.0. The fraction of sp³-hybridized carbons (Fsp3) is 0.258. The largest absolute Gasteiger partial charge is 0.573 e. The Kier molecular flexibility index (Phi) is 9.98. The summed E-state index contributed by atoms with van der Waals surface area (Å²) in [5.74, 6) is -0.472. The predicted molar refractivity (Wildman–Crippen MR) is 167 cm³/mol. The summed E-state index contributed by atoms with van der Waals surface area (Å²) in [5, 5.41) is 7.15. The van der Waals surface area contributed by atoms with Crippen LogP contribution in [-0.4, -0.2) is 56.8 Å². The van der Waals surface area contributed by atoms with Crippen LogP contribution >= 0.6 is 11.8 Å². The summed E-state index contributed by atoms with van der Waals surface area (Å²) >= 11 is 1.00. The van der Waals surface area contributed by atoms with Crippen molar-refractivity contribution in [2.24, 2.45) is 4.99 Å². The fourth-order valence-corrected chi connectivity index (χ4v) is 5.44. The standard InChI is InChI=1S/C31H26F6N6O4S/c1-3-19-15-20(27-38-17-42(41-27)21-6-8-22(9-7-21)47-31(35,36)37)5-10-23(19)39-28(45)40-29-43(26(44)16-48-29)24-14-18(2)4-11-25(24)46-13-12-30(32,33)34/h4-11,14-15,17H,3,12-13,16H2,1-2H3,(H,39,45). The Morgan fingerprint density at radius 2 is 1.79 bits per heavy atom. The monoisotopic (exact) mass is 692 g/mol. The van der Waals surface area contributed by atoms with Gasteiger partial charge >= 0.3 is 18.6 Å². The van der Waals surface area contributed by atoms with Crippen LogP contribution in [0, 0.1) is 6.92 Å². The Morgan fingerprint density at radius 3 is 2.48 bits per heavy atom. The van der Waals surface area contributed by atoms with E-state index >= 15 is 0 Å². The number of anilines is 2. The lowest BCUT2D eigenvalue weighted by Crippen LogP contribution is -2.31. The highest BCUT2D eigenvalue weighted by Gasteiger charge is 2.34. The minimum atomic E-state index is -4.81. The quantitative estimate of drug-likeness (QED) is 0.179. The Bertz CT molecular complexity index is 1840. The molecule has 1 aromatic heterocycles. The van der Waals surface area contributed by atoms with Gasteiger partial charge < -0.3 is 14.8 Å². The van der Waals surface area contributed by atoms with Gasteiger partial charge in [0.15, 0.2) is 11.0 Å². The first-order valence-corrected chi connectivity index (χ1v) is 15.2. The van der Waals surface area contributed by atoms with Crippen molar-refractivity contribution in [3.05, 3.63) is 78.1 Å². The second-order valence-corrected chi connectivity index (χ2v) is 11.2. The van der Waals surface area contributed by atoms with Crippen LogP contribution in [0.15, 0.2) is 72.0 Å². The van der Waals surface area contributed by atoms with Crippen molar-refractivity contribution in [1.29, 1.82) is 0 Å². The number of nitrogens with zero attached hydrogens (tertiary/aromatic N) is 5. The van der Waals surface area contributed by atoms with Gasteiger partial charge in [0.25, 0.3) is 0 Å². The molecule has 2 heterocycles. The van der Waals surface area contributed by atoms with E-state index in [-0.39, 0.29) is 28.1 Å². The van der Waals surface area contributed by atoms with E-state index in [1.165, 1.54) is 29.2 Å². The lowest BCUT2D eigenvalue weighted by molar-refractivity contribution is -0.274. The van der Waals surface area contributed by atoms with Gasteiger partial charge in [-0.3, -0.25) is 9.69 Å². The van der Waals surface area contributed by atoms with Crippen molar-refractivity contribution < 1.29 is 45.4 Å². The van der Waals surface area contributed by atoms with E-state index in [0.717, 1.165) is 28.8 Å². The molecule has 1 N–H and O–H groups in total. The molecule has 3 aromatic carbocycles. The van der Waals surface area contributed by atoms with Gasteiger partial charge in [0.2, 0.25) is 5.91 Å². The molecule has 0 aliphatic carbocycles. The number of carbonyl (C=O) groups excluding carboxylic acids is 2. The number of amidine groups is 1. The zero-order chi connectivity index (χ0) is 34.6. The Hall–Kier alpha value is -5.06. The molecule has 0 atom stereocenters. The number of urea groups is 1. The molecule has 1 fully saturated rings. The van der Waals surface area contributed by atoms with Gasteiger partial charge in [-0.15, -0.1) is 18.3 Å². The minimum Gasteiger partial charge on any atom is -0.491 e. The number of thioether (sulfide) groups is 1. The van der Waals surface area contributed by atoms with Crippen LogP contribution in [0.3, 0.4) is 0 Å². The molecule has 1 aliphatic rings. The summed E-state index contributed by atoms with van der Waals surface area (Å²) in [7, 11) is 0. The summed E-state index contributed by atoms with van der Waals surface area (Å²) in [6.07, 6.45) is -8.52. The SMILES string of the molecule is CCc1cc(-c2ncn(-c3ccc(OC(F)(F)F)cc3)n2)ccc1NC(=O)N=C1SCC(=O)N1c1cc(C)ccc1OCCC(F)(F)F. The van der Waals surface area contributed by atoms with Gasteiger partial charge in [-0.1, -0.05) is 24.8 Å². The van der Waals surface area contributed by atoms with Gasteiger partial charge in [0.05, 0.1) is 30.2 Å². The van der Waals surface area contributed by atoms with E-state index in [1.807, 2.05) is 6.92 Å². The molecule has 0 saturated carbocycles. The number of nitrogens with one attached hydrogen (secondary N) is 1. The van der Waals surface area contributed by atoms with Gasteiger partial charge in [-0.05, 0) is 79.1 Å². The summed E-state index contributed by atoms with van der Waals surface area (Å²) in [4.78, 5) is 35.4. The molecule has 0 radical (unpaired) electrons. The predicted octanol–water partition coefficient (Wildman–Crippen LogP) is 7.70. The summed E-state index contributed by atoms with van der Waals surface area (Å²) < 4.78 is 86.1.